The molecule has 2 bridgehead atoms. The lowest BCUT2D eigenvalue weighted by atomic mass is 9.99. The second-order valence-corrected chi connectivity index (χ2v) is 6.92. The molecule has 1 aromatic rings. The lowest BCUT2D eigenvalue weighted by Gasteiger charge is -2.35. The van der Waals surface area contributed by atoms with Crippen LogP contribution in [-0.2, 0) is 11.8 Å². The topological polar surface area (TPSA) is 47.4 Å². The summed E-state index contributed by atoms with van der Waals surface area (Å²) in [6, 6.07) is 2.44. The highest BCUT2D eigenvalue weighted by molar-refractivity contribution is 5.74. The van der Waals surface area contributed by atoms with Gasteiger partial charge in [0.1, 0.15) is 5.60 Å². The van der Waals surface area contributed by atoms with Crippen molar-refractivity contribution in [3.63, 3.8) is 0 Å². The van der Waals surface area contributed by atoms with E-state index in [0.29, 0.717) is 0 Å². The van der Waals surface area contributed by atoms with Gasteiger partial charge >= 0.3 is 6.09 Å². The maximum absolute atomic E-state index is 12.4. The van der Waals surface area contributed by atoms with Gasteiger partial charge in [0.25, 0.3) is 0 Å². The second kappa shape index (κ2) is 4.90. The third-order valence-corrected chi connectivity index (χ3v) is 4.15. The summed E-state index contributed by atoms with van der Waals surface area (Å²) in [5.74, 6) is 0. The summed E-state index contributed by atoms with van der Waals surface area (Å²) in [6.45, 7) is 5.73. The molecule has 5 nitrogen and oxygen atoms in total. The van der Waals surface area contributed by atoms with Gasteiger partial charge in [-0.3, -0.25) is 9.58 Å². The SMILES string of the molecule is Cn1nccc1C1=CC2CCC(C1)N2C(=O)OC(C)(C)C. The Bertz CT molecular complexity index is 583. The highest BCUT2D eigenvalue weighted by atomic mass is 16.6. The maximum atomic E-state index is 12.4. The molecular weight excluding hydrogens is 266 g/mol. The fourth-order valence-corrected chi connectivity index (χ4v) is 3.31. The summed E-state index contributed by atoms with van der Waals surface area (Å²) in [5.41, 5.74) is 2.00. The first-order valence-corrected chi connectivity index (χ1v) is 7.55. The van der Waals surface area contributed by atoms with E-state index in [9.17, 15) is 4.79 Å². The molecule has 1 aromatic heterocycles. The number of amides is 1. The van der Waals surface area contributed by atoms with Crippen molar-refractivity contribution < 1.29 is 9.53 Å². The van der Waals surface area contributed by atoms with E-state index in [1.165, 1.54) is 5.57 Å². The fraction of sp³-hybridized carbons (Fsp3) is 0.625. The summed E-state index contributed by atoms with van der Waals surface area (Å²) in [5, 5.41) is 4.24. The normalized spacial score (nSPS) is 25.0. The van der Waals surface area contributed by atoms with E-state index >= 15 is 0 Å². The Morgan fingerprint density at radius 1 is 1.38 bits per heavy atom. The average Bonchev–Trinajstić information content (AvgIpc) is 2.89. The average molecular weight is 289 g/mol. The Kier molecular flexibility index (Phi) is 3.30. The lowest BCUT2D eigenvalue weighted by molar-refractivity contribution is 0.0175. The molecule has 114 valence electrons. The van der Waals surface area contributed by atoms with Crippen molar-refractivity contribution in [3.8, 4) is 0 Å². The number of nitrogens with zero attached hydrogens (tertiary/aromatic N) is 3. The van der Waals surface area contributed by atoms with Crippen LogP contribution < -0.4 is 0 Å². The van der Waals surface area contributed by atoms with Crippen LogP contribution in [0, 0.1) is 0 Å². The molecule has 0 aliphatic carbocycles. The molecule has 1 fully saturated rings. The number of hydrogen-bond acceptors (Lipinski definition) is 3. The first-order chi connectivity index (χ1) is 9.85. The molecule has 0 spiro atoms. The number of aromatic nitrogens is 2. The van der Waals surface area contributed by atoms with Gasteiger partial charge in [0, 0.05) is 19.3 Å². The molecule has 0 saturated carbocycles. The summed E-state index contributed by atoms with van der Waals surface area (Å²) in [4.78, 5) is 14.3. The van der Waals surface area contributed by atoms with E-state index in [4.69, 9.17) is 4.74 Å². The van der Waals surface area contributed by atoms with Crippen molar-refractivity contribution in [3.05, 3.63) is 24.0 Å². The number of hydrogen-bond donors (Lipinski definition) is 0. The number of carbonyl (C=O) groups is 1. The van der Waals surface area contributed by atoms with Crippen LogP contribution in [-0.4, -0.2) is 38.5 Å². The standard InChI is InChI=1S/C16H23N3O2/c1-16(2,3)21-15(20)19-12-5-6-13(19)10-11(9-12)14-7-8-17-18(14)4/h7-9,12-13H,5-6,10H2,1-4H3. The van der Waals surface area contributed by atoms with Crippen LogP contribution in [0.2, 0.25) is 0 Å². The fourth-order valence-electron chi connectivity index (χ4n) is 3.31. The van der Waals surface area contributed by atoms with Crippen molar-refractivity contribution in [2.24, 2.45) is 7.05 Å². The van der Waals surface area contributed by atoms with Gasteiger partial charge in [0.05, 0.1) is 11.7 Å². The van der Waals surface area contributed by atoms with E-state index in [0.717, 1.165) is 25.0 Å². The van der Waals surface area contributed by atoms with Crippen LogP contribution in [0.1, 0.15) is 45.7 Å². The number of aryl methyl sites for hydroxylation is 1. The van der Waals surface area contributed by atoms with Gasteiger partial charge in [-0.15, -0.1) is 0 Å². The largest absolute Gasteiger partial charge is 0.444 e. The van der Waals surface area contributed by atoms with Gasteiger partial charge in [0.15, 0.2) is 0 Å². The third-order valence-electron chi connectivity index (χ3n) is 4.15. The minimum atomic E-state index is -0.442. The molecule has 2 atom stereocenters. The molecule has 2 unspecified atom stereocenters. The molecule has 2 aliphatic heterocycles. The first-order valence-electron chi connectivity index (χ1n) is 7.55. The van der Waals surface area contributed by atoms with Gasteiger partial charge in [-0.1, -0.05) is 6.08 Å². The summed E-state index contributed by atoms with van der Waals surface area (Å²) in [6.07, 6.45) is 6.79. The van der Waals surface area contributed by atoms with E-state index in [-0.39, 0.29) is 18.2 Å². The van der Waals surface area contributed by atoms with E-state index in [1.54, 1.807) is 0 Å². The summed E-state index contributed by atoms with van der Waals surface area (Å²) >= 11 is 0. The molecule has 0 N–H and O–H groups in total. The highest BCUT2D eigenvalue weighted by Gasteiger charge is 2.41. The van der Waals surface area contributed by atoms with Crippen molar-refractivity contribution in [2.45, 2.75) is 57.7 Å². The predicted molar refractivity (Wildman–Crippen MR) is 80.7 cm³/mol. The van der Waals surface area contributed by atoms with E-state index in [1.807, 2.05) is 49.7 Å². The second-order valence-electron chi connectivity index (χ2n) is 6.92. The van der Waals surface area contributed by atoms with Crippen molar-refractivity contribution in [2.75, 3.05) is 0 Å². The van der Waals surface area contributed by atoms with Crippen LogP contribution >= 0.6 is 0 Å². The van der Waals surface area contributed by atoms with Crippen LogP contribution in [0.4, 0.5) is 4.79 Å². The lowest BCUT2D eigenvalue weighted by Crippen LogP contribution is -2.45. The Labute approximate surface area is 125 Å². The monoisotopic (exact) mass is 289 g/mol. The molecule has 21 heavy (non-hydrogen) atoms. The Balaban J connectivity index is 1.82. The molecule has 1 amide bonds. The van der Waals surface area contributed by atoms with Crippen molar-refractivity contribution in [1.29, 1.82) is 0 Å². The zero-order valence-electron chi connectivity index (χ0n) is 13.2. The molecule has 0 radical (unpaired) electrons. The van der Waals surface area contributed by atoms with E-state index in [2.05, 4.69) is 11.2 Å². The summed E-state index contributed by atoms with van der Waals surface area (Å²) in [7, 11) is 1.96. The molecule has 1 saturated heterocycles. The molecular formula is C16H23N3O2. The number of fused-ring (bicyclic) bond motifs is 2. The molecule has 3 heterocycles. The van der Waals surface area contributed by atoms with Gasteiger partial charge in [0.2, 0.25) is 0 Å². The van der Waals surface area contributed by atoms with Crippen LogP contribution in [0.3, 0.4) is 0 Å². The van der Waals surface area contributed by atoms with Gasteiger partial charge in [-0.2, -0.15) is 5.10 Å². The third kappa shape index (κ3) is 2.69. The van der Waals surface area contributed by atoms with Crippen molar-refractivity contribution in [1.82, 2.24) is 14.7 Å². The Morgan fingerprint density at radius 3 is 2.71 bits per heavy atom. The number of rotatable bonds is 1. The zero-order valence-corrected chi connectivity index (χ0v) is 13.2. The highest BCUT2D eigenvalue weighted by Crippen LogP contribution is 2.39. The molecule has 3 rings (SSSR count). The smallest absolute Gasteiger partial charge is 0.411 e. The Morgan fingerprint density at radius 2 is 2.14 bits per heavy atom. The zero-order chi connectivity index (χ0) is 15.2. The van der Waals surface area contributed by atoms with Crippen LogP contribution in [0.5, 0.6) is 0 Å². The first kappa shape index (κ1) is 14.2. The summed E-state index contributed by atoms with van der Waals surface area (Å²) < 4.78 is 7.45. The Hall–Kier alpha value is -1.78. The number of carbonyl (C=O) groups excluding carboxylic acids is 1. The van der Waals surface area contributed by atoms with Gasteiger partial charge < -0.3 is 4.74 Å². The molecule has 2 aliphatic rings. The van der Waals surface area contributed by atoms with Gasteiger partial charge in [-0.25, -0.2) is 4.79 Å². The predicted octanol–water partition coefficient (Wildman–Crippen LogP) is 2.98. The maximum Gasteiger partial charge on any atom is 0.411 e. The van der Waals surface area contributed by atoms with Crippen LogP contribution in [0.25, 0.3) is 5.57 Å². The molecule has 0 aromatic carbocycles. The minimum Gasteiger partial charge on any atom is -0.444 e. The van der Waals surface area contributed by atoms with Crippen LogP contribution in [0.15, 0.2) is 18.3 Å². The number of ether oxygens (including phenoxy) is 1. The quantitative estimate of drug-likeness (QED) is 0.798. The van der Waals surface area contributed by atoms with Gasteiger partial charge in [-0.05, 0) is 51.7 Å². The van der Waals surface area contributed by atoms with Crippen molar-refractivity contribution >= 4 is 11.7 Å². The molecule has 5 heteroatoms. The minimum absolute atomic E-state index is 0.156. The van der Waals surface area contributed by atoms with E-state index < -0.39 is 5.60 Å².